The number of halogens is 2. The fourth-order valence-electron chi connectivity index (χ4n) is 0.826. The molecule has 1 aromatic rings. The van der Waals surface area contributed by atoms with Gasteiger partial charge in [-0.25, -0.2) is 4.39 Å². The van der Waals surface area contributed by atoms with Crippen molar-refractivity contribution in [3.05, 3.63) is 34.9 Å². The lowest BCUT2D eigenvalue weighted by molar-refractivity contribution is 0.437. The van der Waals surface area contributed by atoms with E-state index in [0.717, 1.165) is 5.56 Å². The number of alkyl halides is 1. The molecule has 1 unspecified atom stereocenters. The third kappa shape index (κ3) is 2.17. The van der Waals surface area contributed by atoms with E-state index in [1.54, 1.807) is 24.3 Å². The molecule has 0 aliphatic heterocycles. The lowest BCUT2D eigenvalue weighted by atomic mass is 10.1. The first-order chi connectivity index (χ1) is 5.24. The van der Waals surface area contributed by atoms with Crippen LogP contribution in [0.5, 0.6) is 0 Å². The summed E-state index contributed by atoms with van der Waals surface area (Å²) in [7, 11) is 0. The van der Waals surface area contributed by atoms with E-state index in [2.05, 4.69) is 0 Å². The summed E-state index contributed by atoms with van der Waals surface area (Å²) >= 11 is 5.67. The van der Waals surface area contributed by atoms with Crippen LogP contribution in [-0.4, -0.2) is 6.67 Å². The van der Waals surface area contributed by atoms with Crippen LogP contribution < -0.4 is 5.73 Å². The third-order valence-corrected chi connectivity index (χ3v) is 1.68. The van der Waals surface area contributed by atoms with Crippen molar-refractivity contribution in [1.29, 1.82) is 0 Å². The summed E-state index contributed by atoms with van der Waals surface area (Å²) in [6, 6.07) is 6.37. The summed E-state index contributed by atoms with van der Waals surface area (Å²) in [5, 5.41) is 0.589. The number of rotatable bonds is 2. The first kappa shape index (κ1) is 8.50. The minimum absolute atomic E-state index is 0.548. The highest BCUT2D eigenvalue weighted by atomic mass is 35.5. The van der Waals surface area contributed by atoms with Crippen LogP contribution in [-0.2, 0) is 0 Å². The molecule has 0 radical (unpaired) electrons. The molecule has 1 atom stereocenters. The third-order valence-electron chi connectivity index (χ3n) is 1.44. The van der Waals surface area contributed by atoms with Crippen LogP contribution >= 0.6 is 11.6 Å². The highest BCUT2D eigenvalue weighted by Gasteiger charge is 2.03. The Labute approximate surface area is 70.0 Å². The standard InChI is InChI=1S/C8H9ClFN/c9-7-3-1-2-6(4-7)8(11)5-10/h1-4,8H,5,11H2. The lowest BCUT2D eigenvalue weighted by Crippen LogP contribution is -2.11. The van der Waals surface area contributed by atoms with E-state index < -0.39 is 12.7 Å². The summed E-state index contributed by atoms with van der Waals surface area (Å²) < 4.78 is 12.0. The molecule has 0 saturated heterocycles. The Kier molecular flexibility index (Phi) is 2.85. The minimum Gasteiger partial charge on any atom is -0.322 e. The fourth-order valence-corrected chi connectivity index (χ4v) is 1.03. The lowest BCUT2D eigenvalue weighted by Gasteiger charge is -2.06. The molecule has 1 rings (SSSR count). The van der Waals surface area contributed by atoms with Crippen LogP contribution in [0.25, 0.3) is 0 Å². The van der Waals surface area contributed by atoms with Gasteiger partial charge in [0.1, 0.15) is 6.67 Å². The Balaban J connectivity index is 2.86. The maximum absolute atomic E-state index is 12.0. The molecule has 0 bridgehead atoms. The summed E-state index contributed by atoms with van der Waals surface area (Å²) in [4.78, 5) is 0. The highest BCUT2D eigenvalue weighted by molar-refractivity contribution is 6.30. The normalized spacial score (nSPS) is 13.0. The van der Waals surface area contributed by atoms with Crippen molar-refractivity contribution in [2.75, 3.05) is 6.67 Å². The largest absolute Gasteiger partial charge is 0.322 e. The topological polar surface area (TPSA) is 26.0 Å². The minimum atomic E-state index is -0.555. The van der Waals surface area contributed by atoms with Gasteiger partial charge in [0.05, 0.1) is 6.04 Å². The average molecular weight is 174 g/mol. The van der Waals surface area contributed by atoms with Crippen molar-refractivity contribution >= 4 is 11.6 Å². The van der Waals surface area contributed by atoms with Crippen molar-refractivity contribution in [2.45, 2.75) is 6.04 Å². The van der Waals surface area contributed by atoms with Crippen molar-refractivity contribution < 1.29 is 4.39 Å². The van der Waals surface area contributed by atoms with Gasteiger partial charge in [-0.05, 0) is 17.7 Å². The van der Waals surface area contributed by atoms with E-state index in [0.29, 0.717) is 5.02 Å². The van der Waals surface area contributed by atoms with Crippen LogP contribution in [0.1, 0.15) is 11.6 Å². The van der Waals surface area contributed by atoms with Gasteiger partial charge in [0.15, 0.2) is 0 Å². The molecule has 0 heterocycles. The van der Waals surface area contributed by atoms with E-state index in [4.69, 9.17) is 17.3 Å². The van der Waals surface area contributed by atoms with Crippen molar-refractivity contribution in [2.24, 2.45) is 5.73 Å². The summed E-state index contributed by atoms with van der Waals surface area (Å²) in [5.74, 6) is 0. The average Bonchev–Trinajstić information content (AvgIpc) is 2.03. The van der Waals surface area contributed by atoms with Crippen LogP contribution in [0.2, 0.25) is 5.02 Å². The maximum atomic E-state index is 12.0. The second-order valence-electron chi connectivity index (χ2n) is 2.32. The smallest absolute Gasteiger partial charge is 0.109 e. The van der Waals surface area contributed by atoms with E-state index in [1.165, 1.54) is 0 Å². The van der Waals surface area contributed by atoms with Crippen molar-refractivity contribution in [3.8, 4) is 0 Å². The molecule has 0 aliphatic carbocycles. The van der Waals surface area contributed by atoms with Gasteiger partial charge in [-0.15, -0.1) is 0 Å². The van der Waals surface area contributed by atoms with Crippen molar-refractivity contribution in [1.82, 2.24) is 0 Å². The molecule has 11 heavy (non-hydrogen) atoms. The molecule has 0 aromatic heterocycles. The van der Waals surface area contributed by atoms with Crippen LogP contribution in [0.15, 0.2) is 24.3 Å². The second-order valence-corrected chi connectivity index (χ2v) is 2.75. The molecular weight excluding hydrogens is 165 g/mol. The maximum Gasteiger partial charge on any atom is 0.109 e. The molecule has 3 heteroatoms. The van der Waals surface area contributed by atoms with Crippen LogP contribution in [0.4, 0.5) is 4.39 Å². The van der Waals surface area contributed by atoms with Gasteiger partial charge in [0, 0.05) is 5.02 Å². The Bertz CT molecular complexity index is 239. The highest BCUT2D eigenvalue weighted by Crippen LogP contribution is 2.15. The molecular formula is C8H9ClFN. The van der Waals surface area contributed by atoms with Gasteiger partial charge in [0.25, 0.3) is 0 Å². The van der Waals surface area contributed by atoms with Gasteiger partial charge >= 0.3 is 0 Å². The number of benzene rings is 1. The molecule has 0 fully saturated rings. The quantitative estimate of drug-likeness (QED) is 0.730. The first-order valence-corrected chi connectivity index (χ1v) is 3.69. The molecule has 0 saturated carbocycles. The van der Waals surface area contributed by atoms with E-state index in [-0.39, 0.29) is 0 Å². The summed E-state index contributed by atoms with van der Waals surface area (Å²) in [6.07, 6.45) is 0. The van der Waals surface area contributed by atoms with Gasteiger partial charge in [-0.2, -0.15) is 0 Å². The first-order valence-electron chi connectivity index (χ1n) is 3.31. The SMILES string of the molecule is NC(CF)c1cccc(Cl)c1. The number of hydrogen-bond donors (Lipinski definition) is 1. The molecule has 0 aliphatic rings. The van der Waals surface area contributed by atoms with Gasteiger partial charge < -0.3 is 5.73 Å². The van der Waals surface area contributed by atoms with Gasteiger partial charge in [-0.3, -0.25) is 0 Å². The molecule has 2 N–H and O–H groups in total. The monoisotopic (exact) mass is 173 g/mol. The molecule has 0 amide bonds. The van der Waals surface area contributed by atoms with E-state index in [9.17, 15) is 4.39 Å². The van der Waals surface area contributed by atoms with E-state index >= 15 is 0 Å². The van der Waals surface area contributed by atoms with Gasteiger partial charge in [-0.1, -0.05) is 23.7 Å². The zero-order chi connectivity index (χ0) is 8.27. The van der Waals surface area contributed by atoms with Crippen LogP contribution in [0, 0.1) is 0 Å². The Morgan fingerprint density at radius 2 is 2.27 bits per heavy atom. The predicted octanol–water partition coefficient (Wildman–Crippen LogP) is 2.31. The zero-order valence-corrected chi connectivity index (χ0v) is 6.68. The van der Waals surface area contributed by atoms with Crippen LogP contribution in [0.3, 0.4) is 0 Å². The molecule has 0 spiro atoms. The molecule has 1 nitrogen and oxygen atoms in total. The Morgan fingerprint density at radius 3 is 2.82 bits per heavy atom. The van der Waals surface area contributed by atoms with E-state index in [1.807, 2.05) is 0 Å². The predicted molar refractivity (Wildman–Crippen MR) is 44.4 cm³/mol. The Morgan fingerprint density at radius 1 is 1.55 bits per heavy atom. The number of hydrogen-bond acceptors (Lipinski definition) is 1. The zero-order valence-electron chi connectivity index (χ0n) is 5.93. The number of nitrogens with two attached hydrogens (primary N) is 1. The Hall–Kier alpha value is -0.600. The van der Waals surface area contributed by atoms with Gasteiger partial charge in [0.2, 0.25) is 0 Å². The summed E-state index contributed by atoms with van der Waals surface area (Å²) in [5.41, 5.74) is 6.17. The summed E-state index contributed by atoms with van der Waals surface area (Å²) in [6.45, 7) is -0.555. The fraction of sp³-hybridized carbons (Fsp3) is 0.250. The molecule has 1 aromatic carbocycles. The van der Waals surface area contributed by atoms with Crippen molar-refractivity contribution in [3.63, 3.8) is 0 Å². The second kappa shape index (κ2) is 3.69. The molecule has 60 valence electrons.